The molecule has 3 N–H and O–H groups in total. The molecule has 0 spiro atoms. The van der Waals surface area contributed by atoms with Crippen molar-refractivity contribution in [2.45, 2.75) is 25.9 Å². The number of aliphatic carboxylic acids is 1. The van der Waals surface area contributed by atoms with Crippen LogP contribution in [-0.4, -0.2) is 17.2 Å². The second-order valence-corrected chi connectivity index (χ2v) is 3.85. The third-order valence-corrected chi connectivity index (χ3v) is 2.31. The first kappa shape index (κ1) is 12.6. The van der Waals surface area contributed by atoms with Crippen molar-refractivity contribution in [2.75, 3.05) is 5.73 Å². The van der Waals surface area contributed by atoms with E-state index in [1.165, 1.54) is 6.07 Å². The van der Waals surface area contributed by atoms with Crippen molar-refractivity contribution in [1.82, 2.24) is 0 Å². The minimum absolute atomic E-state index is 0.313. The molecule has 1 aromatic rings. The lowest BCUT2D eigenvalue weighted by Gasteiger charge is -2.15. The summed E-state index contributed by atoms with van der Waals surface area (Å²) in [6.45, 7) is 1.89. The number of carboxylic acid groups (broad SMARTS) is 1. The highest BCUT2D eigenvalue weighted by Crippen LogP contribution is 2.27. The maximum Gasteiger partial charge on any atom is 0.344 e. The van der Waals surface area contributed by atoms with Crippen LogP contribution in [0.25, 0.3) is 0 Å². The molecule has 88 valence electrons. The number of nitrogens with two attached hydrogens (primary N) is 1. The Labute approximate surface area is 99.0 Å². The van der Waals surface area contributed by atoms with Crippen molar-refractivity contribution < 1.29 is 14.6 Å². The number of nitrogen functional groups attached to an aromatic ring is 1. The summed E-state index contributed by atoms with van der Waals surface area (Å²) >= 11 is 5.77. The van der Waals surface area contributed by atoms with Crippen molar-refractivity contribution >= 4 is 23.3 Å². The minimum Gasteiger partial charge on any atom is -0.479 e. The third-order valence-electron chi connectivity index (χ3n) is 2.07. The van der Waals surface area contributed by atoms with Gasteiger partial charge in [0.05, 0.1) is 5.69 Å². The van der Waals surface area contributed by atoms with Crippen LogP contribution in [0.4, 0.5) is 5.69 Å². The van der Waals surface area contributed by atoms with Gasteiger partial charge in [0.1, 0.15) is 5.75 Å². The molecular formula is C11H14ClNO3. The van der Waals surface area contributed by atoms with Gasteiger partial charge in [0.2, 0.25) is 0 Å². The zero-order chi connectivity index (χ0) is 12.1. The van der Waals surface area contributed by atoms with E-state index in [0.717, 1.165) is 6.42 Å². The number of carbonyl (C=O) groups is 1. The molecule has 0 heterocycles. The van der Waals surface area contributed by atoms with Gasteiger partial charge in [-0.05, 0) is 18.6 Å². The molecule has 0 aliphatic rings. The molecule has 0 aliphatic heterocycles. The highest BCUT2D eigenvalue weighted by molar-refractivity contribution is 6.30. The van der Waals surface area contributed by atoms with Crippen LogP contribution in [0, 0.1) is 0 Å². The van der Waals surface area contributed by atoms with Crippen molar-refractivity contribution in [2.24, 2.45) is 0 Å². The van der Waals surface area contributed by atoms with Crippen LogP contribution in [-0.2, 0) is 4.79 Å². The molecule has 0 aliphatic carbocycles. The topological polar surface area (TPSA) is 72.5 Å². The molecular weight excluding hydrogens is 230 g/mol. The minimum atomic E-state index is -0.999. The van der Waals surface area contributed by atoms with Crippen molar-refractivity contribution in [3.63, 3.8) is 0 Å². The van der Waals surface area contributed by atoms with E-state index in [1.807, 2.05) is 6.92 Å². The van der Waals surface area contributed by atoms with E-state index in [4.69, 9.17) is 27.2 Å². The van der Waals surface area contributed by atoms with E-state index in [0.29, 0.717) is 22.9 Å². The molecule has 0 radical (unpaired) electrons. The van der Waals surface area contributed by atoms with Gasteiger partial charge in [-0.3, -0.25) is 0 Å². The number of hydrogen-bond acceptors (Lipinski definition) is 3. The van der Waals surface area contributed by atoms with E-state index >= 15 is 0 Å². The Morgan fingerprint density at radius 3 is 2.88 bits per heavy atom. The molecule has 16 heavy (non-hydrogen) atoms. The van der Waals surface area contributed by atoms with Gasteiger partial charge in [-0.25, -0.2) is 4.79 Å². The lowest BCUT2D eigenvalue weighted by molar-refractivity contribution is -0.145. The Kier molecular flexibility index (Phi) is 4.43. The van der Waals surface area contributed by atoms with Gasteiger partial charge < -0.3 is 15.6 Å². The van der Waals surface area contributed by atoms with Crippen molar-refractivity contribution in [1.29, 1.82) is 0 Å². The van der Waals surface area contributed by atoms with Crippen LogP contribution in [0.15, 0.2) is 18.2 Å². The number of anilines is 1. The first-order chi connectivity index (χ1) is 7.54. The molecule has 5 heteroatoms. The maximum absolute atomic E-state index is 10.9. The summed E-state index contributed by atoms with van der Waals surface area (Å²) in [6, 6.07) is 4.73. The van der Waals surface area contributed by atoms with Gasteiger partial charge in [0, 0.05) is 11.1 Å². The molecule has 4 nitrogen and oxygen atoms in total. The summed E-state index contributed by atoms with van der Waals surface area (Å²) in [5.74, 6) is -0.686. The van der Waals surface area contributed by atoms with E-state index in [2.05, 4.69) is 0 Å². The van der Waals surface area contributed by atoms with E-state index < -0.39 is 12.1 Å². The van der Waals surface area contributed by atoms with E-state index in [1.54, 1.807) is 12.1 Å². The van der Waals surface area contributed by atoms with Crippen LogP contribution in [0.3, 0.4) is 0 Å². The van der Waals surface area contributed by atoms with Crippen LogP contribution >= 0.6 is 11.6 Å². The zero-order valence-electron chi connectivity index (χ0n) is 8.94. The fourth-order valence-corrected chi connectivity index (χ4v) is 1.42. The predicted molar refractivity (Wildman–Crippen MR) is 62.8 cm³/mol. The van der Waals surface area contributed by atoms with Crippen molar-refractivity contribution in [3.05, 3.63) is 23.2 Å². The monoisotopic (exact) mass is 243 g/mol. The summed E-state index contributed by atoms with van der Waals surface area (Å²) in [5.41, 5.74) is 6.04. The fraction of sp³-hybridized carbons (Fsp3) is 0.364. The first-order valence-electron chi connectivity index (χ1n) is 4.99. The number of benzene rings is 1. The quantitative estimate of drug-likeness (QED) is 0.780. The number of rotatable bonds is 5. The maximum atomic E-state index is 10.9. The average molecular weight is 244 g/mol. The van der Waals surface area contributed by atoms with Crippen LogP contribution in [0.5, 0.6) is 5.75 Å². The Hall–Kier alpha value is -1.42. The molecule has 0 aromatic heterocycles. The summed E-state index contributed by atoms with van der Waals surface area (Å²) in [7, 11) is 0. The second kappa shape index (κ2) is 5.61. The molecule has 1 rings (SSSR count). The molecule has 1 atom stereocenters. The first-order valence-corrected chi connectivity index (χ1v) is 5.37. The predicted octanol–water partition coefficient (Wildman–Crippen LogP) is 2.55. The van der Waals surface area contributed by atoms with Crippen LogP contribution in [0.1, 0.15) is 19.8 Å². The molecule has 0 bridgehead atoms. The largest absolute Gasteiger partial charge is 0.479 e. The Bertz CT molecular complexity index is 381. The smallest absolute Gasteiger partial charge is 0.344 e. The standard InChI is InChI=1S/C11H14ClNO3/c1-2-3-9(11(14)15)16-10-6-7(12)4-5-8(10)13/h4-6,9H,2-3,13H2,1H3,(H,14,15). The van der Waals surface area contributed by atoms with Crippen LogP contribution in [0.2, 0.25) is 5.02 Å². The fourth-order valence-electron chi connectivity index (χ4n) is 1.26. The number of carboxylic acids is 1. The van der Waals surface area contributed by atoms with Crippen LogP contribution < -0.4 is 10.5 Å². The normalized spacial score (nSPS) is 12.1. The zero-order valence-corrected chi connectivity index (χ0v) is 9.70. The molecule has 1 aromatic carbocycles. The van der Waals surface area contributed by atoms with Gasteiger partial charge in [0.25, 0.3) is 0 Å². The van der Waals surface area contributed by atoms with Gasteiger partial charge in [-0.1, -0.05) is 24.9 Å². The van der Waals surface area contributed by atoms with Gasteiger partial charge in [-0.2, -0.15) is 0 Å². The third kappa shape index (κ3) is 3.31. The number of hydrogen-bond donors (Lipinski definition) is 2. The van der Waals surface area contributed by atoms with E-state index in [9.17, 15) is 4.79 Å². The van der Waals surface area contributed by atoms with E-state index in [-0.39, 0.29) is 0 Å². The van der Waals surface area contributed by atoms with Crippen molar-refractivity contribution in [3.8, 4) is 5.75 Å². The Morgan fingerprint density at radius 1 is 1.62 bits per heavy atom. The molecule has 1 unspecified atom stereocenters. The molecule has 0 saturated heterocycles. The van der Waals surface area contributed by atoms with Gasteiger partial charge >= 0.3 is 5.97 Å². The average Bonchev–Trinajstić information content (AvgIpc) is 2.22. The number of halogens is 1. The highest BCUT2D eigenvalue weighted by Gasteiger charge is 2.19. The highest BCUT2D eigenvalue weighted by atomic mass is 35.5. The SMILES string of the molecule is CCCC(Oc1cc(Cl)ccc1N)C(=O)O. The Morgan fingerprint density at radius 2 is 2.31 bits per heavy atom. The lowest BCUT2D eigenvalue weighted by Crippen LogP contribution is -2.27. The summed E-state index contributed by atoms with van der Waals surface area (Å²) in [4.78, 5) is 10.9. The number of ether oxygens (including phenoxy) is 1. The second-order valence-electron chi connectivity index (χ2n) is 3.42. The lowest BCUT2D eigenvalue weighted by atomic mass is 10.2. The molecule has 0 saturated carbocycles. The summed E-state index contributed by atoms with van der Waals surface area (Å²) in [5, 5.41) is 9.39. The molecule has 0 amide bonds. The van der Waals surface area contributed by atoms with Gasteiger partial charge in [0.15, 0.2) is 6.10 Å². The summed E-state index contributed by atoms with van der Waals surface area (Å²) < 4.78 is 5.32. The Balaban J connectivity index is 2.84. The molecule has 0 fully saturated rings. The summed E-state index contributed by atoms with van der Waals surface area (Å²) in [6.07, 6.45) is 0.268. The van der Waals surface area contributed by atoms with Gasteiger partial charge in [-0.15, -0.1) is 0 Å².